The molecule has 1 aromatic carbocycles. The van der Waals surface area contributed by atoms with Gasteiger partial charge in [0.15, 0.2) is 0 Å². The van der Waals surface area contributed by atoms with Crippen molar-refractivity contribution >= 4 is 28.0 Å². The Morgan fingerprint density at radius 1 is 1.07 bits per heavy atom. The largest absolute Gasteiger partial charge is 0.497 e. The summed E-state index contributed by atoms with van der Waals surface area (Å²) >= 11 is 0. The van der Waals surface area contributed by atoms with Gasteiger partial charge in [0.25, 0.3) is 0 Å². The lowest BCUT2D eigenvalue weighted by molar-refractivity contribution is -0.117. The van der Waals surface area contributed by atoms with E-state index < -0.39 is 5.91 Å². The molecule has 136 valence electrons. The Labute approximate surface area is 155 Å². The summed E-state index contributed by atoms with van der Waals surface area (Å²) in [5.41, 5.74) is 10.0. The molecule has 0 atom stereocenters. The molecule has 0 aliphatic heterocycles. The SMILES string of the molecule is COc1ccc(-c2cc(CC(N)=O)c3[nH]c4nc(OC)ccc4c3n2)cc1. The standard InChI is InChI=1S/C20H18N4O3/c1-26-13-5-3-11(4-6-13)15-9-12(10-16(21)25)18-19(22-15)14-7-8-17(27-2)23-20(14)24-18/h3-9H,10H2,1-2H3,(H2,21,25)(H,23,24). The van der Waals surface area contributed by atoms with E-state index in [-0.39, 0.29) is 6.42 Å². The molecule has 4 aromatic rings. The van der Waals surface area contributed by atoms with Crippen molar-refractivity contribution in [3.63, 3.8) is 0 Å². The minimum atomic E-state index is -0.410. The number of nitrogens with zero attached hydrogens (tertiary/aromatic N) is 2. The van der Waals surface area contributed by atoms with Gasteiger partial charge in [0.05, 0.1) is 37.4 Å². The van der Waals surface area contributed by atoms with Gasteiger partial charge in [-0.2, -0.15) is 4.98 Å². The Bertz CT molecular complexity index is 1150. The summed E-state index contributed by atoms with van der Waals surface area (Å²) in [6, 6.07) is 13.2. The van der Waals surface area contributed by atoms with Crippen LogP contribution in [-0.2, 0) is 11.2 Å². The molecule has 3 N–H and O–H groups in total. The highest BCUT2D eigenvalue weighted by atomic mass is 16.5. The smallest absolute Gasteiger partial charge is 0.221 e. The van der Waals surface area contributed by atoms with Crippen molar-refractivity contribution in [2.75, 3.05) is 14.2 Å². The summed E-state index contributed by atoms with van der Waals surface area (Å²) in [7, 11) is 3.19. The normalized spacial score (nSPS) is 11.0. The second-order valence-corrected chi connectivity index (χ2v) is 6.14. The zero-order chi connectivity index (χ0) is 19.0. The van der Waals surface area contributed by atoms with Gasteiger partial charge in [-0.25, -0.2) is 4.98 Å². The topological polar surface area (TPSA) is 103 Å². The molecule has 0 spiro atoms. The molecule has 27 heavy (non-hydrogen) atoms. The number of nitrogens with one attached hydrogen (secondary N) is 1. The number of methoxy groups -OCH3 is 2. The zero-order valence-electron chi connectivity index (χ0n) is 14.9. The molecule has 0 bridgehead atoms. The minimum absolute atomic E-state index is 0.103. The zero-order valence-corrected chi connectivity index (χ0v) is 14.9. The van der Waals surface area contributed by atoms with Gasteiger partial charge in [-0.15, -0.1) is 0 Å². The molecule has 0 saturated carbocycles. The van der Waals surface area contributed by atoms with Crippen LogP contribution in [0.5, 0.6) is 11.6 Å². The molecular formula is C20H18N4O3. The monoisotopic (exact) mass is 362 g/mol. The highest BCUT2D eigenvalue weighted by molar-refractivity contribution is 6.06. The van der Waals surface area contributed by atoms with Crippen LogP contribution in [0.4, 0.5) is 0 Å². The number of carbonyl (C=O) groups is 1. The van der Waals surface area contributed by atoms with Crippen LogP contribution in [0.3, 0.4) is 0 Å². The molecular weight excluding hydrogens is 344 g/mol. The van der Waals surface area contributed by atoms with Crippen molar-refractivity contribution < 1.29 is 14.3 Å². The van der Waals surface area contributed by atoms with Gasteiger partial charge in [-0.05, 0) is 42.0 Å². The fraction of sp³-hybridized carbons (Fsp3) is 0.150. The van der Waals surface area contributed by atoms with Crippen LogP contribution >= 0.6 is 0 Å². The van der Waals surface area contributed by atoms with E-state index in [1.165, 1.54) is 0 Å². The molecule has 3 heterocycles. The average Bonchev–Trinajstić information content (AvgIpc) is 3.05. The fourth-order valence-electron chi connectivity index (χ4n) is 3.13. The number of amides is 1. The van der Waals surface area contributed by atoms with E-state index in [1.54, 1.807) is 20.3 Å². The number of carbonyl (C=O) groups excluding carboxylic acids is 1. The Morgan fingerprint density at radius 3 is 2.52 bits per heavy atom. The Hall–Kier alpha value is -3.61. The van der Waals surface area contributed by atoms with Crippen LogP contribution in [0.25, 0.3) is 33.3 Å². The summed E-state index contributed by atoms with van der Waals surface area (Å²) < 4.78 is 10.4. The first-order valence-electron chi connectivity index (χ1n) is 8.38. The van der Waals surface area contributed by atoms with Crippen LogP contribution < -0.4 is 15.2 Å². The Kier molecular flexibility index (Phi) is 4.12. The number of pyridine rings is 2. The maximum atomic E-state index is 11.6. The number of rotatable bonds is 5. The van der Waals surface area contributed by atoms with Crippen molar-refractivity contribution in [3.8, 4) is 22.9 Å². The lowest BCUT2D eigenvalue weighted by Crippen LogP contribution is -2.14. The average molecular weight is 362 g/mol. The summed E-state index contributed by atoms with van der Waals surface area (Å²) in [6.45, 7) is 0. The molecule has 0 radical (unpaired) electrons. The van der Waals surface area contributed by atoms with E-state index in [9.17, 15) is 4.79 Å². The van der Waals surface area contributed by atoms with E-state index in [1.807, 2.05) is 36.4 Å². The maximum absolute atomic E-state index is 11.6. The Morgan fingerprint density at radius 2 is 1.85 bits per heavy atom. The number of benzene rings is 1. The summed E-state index contributed by atoms with van der Waals surface area (Å²) in [5, 5.41) is 0.854. The van der Waals surface area contributed by atoms with Crippen LogP contribution in [0.15, 0.2) is 42.5 Å². The predicted molar refractivity (Wildman–Crippen MR) is 103 cm³/mol. The number of nitrogens with two attached hydrogens (primary N) is 1. The first kappa shape index (κ1) is 16.8. The number of aromatic nitrogens is 3. The number of fused-ring (bicyclic) bond motifs is 3. The lowest BCUT2D eigenvalue weighted by atomic mass is 10.0. The predicted octanol–water partition coefficient (Wildman–Crippen LogP) is 2.82. The number of ether oxygens (including phenoxy) is 2. The summed E-state index contributed by atoms with van der Waals surface area (Å²) in [4.78, 5) is 24.1. The summed E-state index contributed by atoms with van der Waals surface area (Å²) in [5.74, 6) is 0.855. The third-order valence-corrected chi connectivity index (χ3v) is 4.43. The molecule has 0 fully saturated rings. The highest BCUT2D eigenvalue weighted by Crippen LogP contribution is 2.31. The molecule has 0 unspecified atom stereocenters. The van der Waals surface area contributed by atoms with Crippen LogP contribution in [0.1, 0.15) is 5.56 Å². The van der Waals surface area contributed by atoms with Crippen LogP contribution in [-0.4, -0.2) is 35.1 Å². The maximum Gasteiger partial charge on any atom is 0.221 e. The Balaban J connectivity index is 1.96. The van der Waals surface area contributed by atoms with Crippen molar-refractivity contribution in [2.45, 2.75) is 6.42 Å². The molecule has 3 aromatic heterocycles. The third-order valence-electron chi connectivity index (χ3n) is 4.43. The van der Waals surface area contributed by atoms with Crippen molar-refractivity contribution in [1.29, 1.82) is 0 Å². The van der Waals surface area contributed by atoms with Gasteiger partial charge >= 0.3 is 0 Å². The van der Waals surface area contributed by atoms with Crippen molar-refractivity contribution in [1.82, 2.24) is 15.0 Å². The molecule has 4 rings (SSSR count). The van der Waals surface area contributed by atoms with Gasteiger partial charge < -0.3 is 20.2 Å². The van der Waals surface area contributed by atoms with Crippen LogP contribution in [0, 0.1) is 0 Å². The molecule has 0 aliphatic rings. The van der Waals surface area contributed by atoms with E-state index in [0.717, 1.165) is 39.0 Å². The van der Waals surface area contributed by atoms with Crippen LogP contribution in [0.2, 0.25) is 0 Å². The molecule has 1 amide bonds. The van der Waals surface area contributed by atoms with Gasteiger partial charge in [-0.3, -0.25) is 4.79 Å². The van der Waals surface area contributed by atoms with E-state index in [2.05, 4.69) is 9.97 Å². The van der Waals surface area contributed by atoms with Gasteiger partial charge in [0, 0.05) is 17.0 Å². The molecule has 0 aliphatic carbocycles. The quantitative estimate of drug-likeness (QED) is 0.568. The van der Waals surface area contributed by atoms with Crippen molar-refractivity contribution in [2.24, 2.45) is 5.73 Å². The summed E-state index contributed by atoms with van der Waals surface area (Å²) in [6.07, 6.45) is 0.103. The third kappa shape index (κ3) is 3.03. The highest BCUT2D eigenvalue weighted by Gasteiger charge is 2.15. The fourth-order valence-corrected chi connectivity index (χ4v) is 3.13. The van der Waals surface area contributed by atoms with E-state index >= 15 is 0 Å². The second-order valence-electron chi connectivity index (χ2n) is 6.14. The second kappa shape index (κ2) is 6.60. The van der Waals surface area contributed by atoms with E-state index in [0.29, 0.717) is 11.5 Å². The first-order valence-corrected chi connectivity index (χ1v) is 8.38. The first-order chi connectivity index (χ1) is 13.1. The minimum Gasteiger partial charge on any atom is -0.497 e. The number of hydrogen-bond donors (Lipinski definition) is 2. The van der Waals surface area contributed by atoms with Gasteiger partial charge in [-0.1, -0.05) is 0 Å². The van der Waals surface area contributed by atoms with Crippen molar-refractivity contribution in [3.05, 3.63) is 48.0 Å². The molecule has 7 heteroatoms. The number of primary amides is 1. The van der Waals surface area contributed by atoms with Gasteiger partial charge in [0.2, 0.25) is 11.8 Å². The number of aromatic amines is 1. The number of hydrogen-bond acceptors (Lipinski definition) is 5. The number of H-pyrrole nitrogens is 1. The lowest BCUT2D eigenvalue weighted by Gasteiger charge is -2.07. The van der Waals surface area contributed by atoms with Gasteiger partial charge in [0.1, 0.15) is 11.4 Å². The molecule has 7 nitrogen and oxygen atoms in total. The van der Waals surface area contributed by atoms with E-state index in [4.69, 9.17) is 20.2 Å². The molecule has 0 saturated heterocycles.